The fourth-order valence-electron chi connectivity index (χ4n) is 3.74. The van der Waals surface area contributed by atoms with Gasteiger partial charge >= 0.3 is 0 Å². The van der Waals surface area contributed by atoms with Crippen LogP contribution >= 0.6 is 0 Å². The summed E-state index contributed by atoms with van der Waals surface area (Å²) in [6.45, 7) is 9.09. The molecule has 1 amide bonds. The number of amides is 1. The van der Waals surface area contributed by atoms with Crippen molar-refractivity contribution < 1.29 is 4.79 Å². The van der Waals surface area contributed by atoms with E-state index in [-0.39, 0.29) is 5.91 Å². The Bertz CT molecular complexity index is 624. The first-order chi connectivity index (χ1) is 11.1. The number of nitriles is 1. The largest absolute Gasteiger partial charge is 0.370 e. The molecule has 0 aromatic carbocycles. The smallest absolute Gasteiger partial charge is 0.219 e. The minimum absolute atomic E-state index is 0.186. The van der Waals surface area contributed by atoms with Crippen LogP contribution in [0, 0.1) is 23.2 Å². The molecule has 6 nitrogen and oxygen atoms in total. The van der Waals surface area contributed by atoms with Crippen LogP contribution in [0.3, 0.4) is 0 Å². The number of carbonyl (C=O) groups excluding carboxylic acids is 1. The normalized spacial score (nSPS) is 23.6. The average Bonchev–Trinajstić information content (AvgIpc) is 3.07. The molecule has 2 saturated heterocycles. The summed E-state index contributed by atoms with van der Waals surface area (Å²) in [7, 11) is 0. The lowest BCUT2D eigenvalue weighted by Crippen LogP contribution is -2.31. The predicted molar refractivity (Wildman–Crippen MR) is 87.6 cm³/mol. The van der Waals surface area contributed by atoms with Crippen molar-refractivity contribution in [2.45, 2.75) is 20.4 Å². The van der Waals surface area contributed by atoms with Gasteiger partial charge in [-0.1, -0.05) is 0 Å². The second-order valence-corrected chi connectivity index (χ2v) is 6.51. The number of hydrogen-bond donors (Lipinski definition) is 1. The number of rotatable bonds is 4. The monoisotopic (exact) mass is 313 g/mol. The van der Waals surface area contributed by atoms with Crippen LogP contribution in [0.25, 0.3) is 0 Å². The van der Waals surface area contributed by atoms with E-state index in [4.69, 9.17) is 5.26 Å². The summed E-state index contributed by atoms with van der Waals surface area (Å²) in [5.74, 6) is 2.21. The summed E-state index contributed by atoms with van der Waals surface area (Å²) in [6.07, 6.45) is 1.62. The van der Waals surface area contributed by atoms with Gasteiger partial charge in [-0.2, -0.15) is 5.26 Å². The quantitative estimate of drug-likeness (QED) is 0.907. The summed E-state index contributed by atoms with van der Waals surface area (Å²) in [5.41, 5.74) is 1.68. The third-order valence-corrected chi connectivity index (χ3v) is 4.84. The van der Waals surface area contributed by atoms with E-state index in [1.165, 1.54) is 0 Å². The zero-order valence-electron chi connectivity index (χ0n) is 13.7. The van der Waals surface area contributed by atoms with Crippen molar-refractivity contribution in [1.82, 2.24) is 14.8 Å². The summed E-state index contributed by atoms with van der Waals surface area (Å²) < 4.78 is 0. The number of carbonyl (C=O) groups is 1. The number of fused-ring (bicyclic) bond motifs is 1. The topological polar surface area (TPSA) is 72.3 Å². The lowest BCUT2D eigenvalue weighted by Gasteiger charge is -2.21. The van der Waals surface area contributed by atoms with E-state index in [9.17, 15) is 4.79 Å². The van der Waals surface area contributed by atoms with Crippen LogP contribution in [0.1, 0.15) is 25.0 Å². The molecule has 6 heteroatoms. The number of aromatic nitrogens is 1. The van der Waals surface area contributed by atoms with E-state index in [0.29, 0.717) is 17.4 Å². The molecule has 3 rings (SSSR count). The van der Waals surface area contributed by atoms with Gasteiger partial charge in [0, 0.05) is 58.0 Å². The molecule has 0 bridgehead atoms. The van der Waals surface area contributed by atoms with Crippen LogP contribution in [-0.4, -0.2) is 53.4 Å². The fraction of sp³-hybridized carbons (Fsp3) is 0.588. The molecule has 0 radical (unpaired) electrons. The Morgan fingerprint density at radius 3 is 2.65 bits per heavy atom. The van der Waals surface area contributed by atoms with Crippen LogP contribution in [0.15, 0.2) is 12.3 Å². The molecule has 0 spiro atoms. The van der Waals surface area contributed by atoms with Crippen LogP contribution < -0.4 is 5.32 Å². The second-order valence-electron chi connectivity index (χ2n) is 6.51. The van der Waals surface area contributed by atoms with Gasteiger partial charge in [0.15, 0.2) is 0 Å². The molecule has 2 aliphatic rings. The molecule has 122 valence electrons. The molecule has 1 aromatic heterocycles. The van der Waals surface area contributed by atoms with Crippen LogP contribution in [0.4, 0.5) is 5.82 Å². The zero-order chi connectivity index (χ0) is 16.4. The third-order valence-electron chi connectivity index (χ3n) is 4.84. The van der Waals surface area contributed by atoms with Gasteiger partial charge in [-0.3, -0.25) is 9.69 Å². The second kappa shape index (κ2) is 6.55. The molecule has 1 aromatic rings. The Morgan fingerprint density at radius 2 is 2.09 bits per heavy atom. The lowest BCUT2D eigenvalue weighted by atomic mass is 10.0. The maximum absolute atomic E-state index is 11.5. The molecule has 0 aliphatic carbocycles. The summed E-state index contributed by atoms with van der Waals surface area (Å²) in [6, 6.07) is 4.10. The zero-order valence-corrected chi connectivity index (χ0v) is 13.7. The average molecular weight is 313 g/mol. The van der Waals surface area contributed by atoms with Crippen molar-refractivity contribution in [3.05, 3.63) is 23.4 Å². The van der Waals surface area contributed by atoms with Crippen molar-refractivity contribution in [3.63, 3.8) is 0 Å². The Balaban J connectivity index is 1.68. The summed E-state index contributed by atoms with van der Waals surface area (Å²) in [5, 5.41) is 12.4. The summed E-state index contributed by atoms with van der Waals surface area (Å²) in [4.78, 5) is 20.3. The molecular formula is C17H23N5O. The van der Waals surface area contributed by atoms with Crippen molar-refractivity contribution in [1.29, 1.82) is 5.26 Å². The van der Waals surface area contributed by atoms with Crippen LogP contribution in [0.5, 0.6) is 0 Å². The molecule has 2 atom stereocenters. The molecule has 0 saturated carbocycles. The van der Waals surface area contributed by atoms with Crippen molar-refractivity contribution in [2.24, 2.45) is 11.8 Å². The van der Waals surface area contributed by atoms with Gasteiger partial charge in [-0.15, -0.1) is 0 Å². The highest BCUT2D eigenvalue weighted by atomic mass is 16.2. The maximum Gasteiger partial charge on any atom is 0.219 e. The highest BCUT2D eigenvalue weighted by Gasteiger charge is 2.40. The number of hydrogen-bond acceptors (Lipinski definition) is 5. The van der Waals surface area contributed by atoms with E-state index in [1.54, 1.807) is 13.1 Å². The molecule has 2 fully saturated rings. The van der Waals surface area contributed by atoms with Gasteiger partial charge in [-0.25, -0.2) is 4.98 Å². The molecule has 0 unspecified atom stereocenters. The van der Waals surface area contributed by atoms with E-state index < -0.39 is 0 Å². The van der Waals surface area contributed by atoms with E-state index in [1.807, 2.05) is 17.9 Å². The van der Waals surface area contributed by atoms with Crippen molar-refractivity contribution in [3.8, 4) is 6.07 Å². The Kier molecular flexibility index (Phi) is 4.49. The maximum atomic E-state index is 11.5. The predicted octanol–water partition coefficient (Wildman–Crippen LogP) is 1.30. The lowest BCUT2D eigenvalue weighted by molar-refractivity contribution is -0.128. The number of anilines is 1. The van der Waals surface area contributed by atoms with Crippen molar-refractivity contribution in [2.75, 3.05) is 38.0 Å². The minimum Gasteiger partial charge on any atom is -0.370 e. The molecule has 23 heavy (non-hydrogen) atoms. The van der Waals surface area contributed by atoms with E-state index in [2.05, 4.69) is 21.3 Å². The van der Waals surface area contributed by atoms with Gasteiger partial charge in [0.05, 0.1) is 5.56 Å². The molecular weight excluding hydrogens is 290 g/mol. The Morgan fingerprint density at radius 1 is 1.39 bits per heavy atom. The number of nitrogens with zero attached hydrogens (tertiary/aromatic N) is 4. The van der Waals surface area contributed by atoms with Crippen LogP contribution in [0.2, 0.25) is 0 Å². The first-order valence-corrected chi connectivity index (χ1v) is 8.21. The highest BCUT2D eigenvalue weighted by molar-refractivity contribution is 5.73. The number of nitrogens with one attached hydrogen (secondary N) is 1. The van der Waals surface area contributed by atoms with Gasteiger partial charge in [0.25, 0.3) is 0 Å². The first-order valence-electron chi connectivity index (χ1n) is 8.21. The standard InChI is InChI=1S/C17H23N5O/c1-3-19-17-14(4-13(5-18)6-20-17)7-21-8-15-10-22(12(2)23)11-16(15)9-21/h4,6,15-16H,3,7-11H2,1-2H3,(H,19,20)/t15-,16+. The van der Waals surface area contributed by atoms with Crippen LogP contribution in [-0.2, 0) is 11.3 Å². The molecule has 2 aliphatic heterocycles. The molecule has 1 N–H and O–H groups in total. The van der Waals surface area contributed by atoms with Gasteiger partial charge in [0.2, 0.25) is 5.91 Å². The van der Waals surface area contributed by atoms with Crippen molar-refractivity contribution >= 4 is 11.7 Å². The number of likely N-dealkylation sites (tertiary alicyclic amines) is 2. The van der Waals surface area contributed by atoms with Gasteiger partial charge in [0.1, 0.15) is 11.9 Å². The highest BCUT2D eigenvalue weighted by Crippen LogP contribution is 2.32. The van der Waals surface area contributed by atoms with Gasteiger partial charge in [-0.05, 0) is 24.8 Å². The minimum atomic E-state index is 0.186. The van der Waals surface area contributed by atoms with Gasteiger partial charge < -0.3 is 10.2 Å². The number of pyridine rings is 1. The SMILES string of the molecule is CCNc1ncc(C#N)cc1CN1C[C@@H]2CN(C(C)=O)C[C@@H]2C1. The van der Waals surface area contributed by atoms with E-state index in [0.717, 1.165) is 50.6 Å². The van der Waals surface area contributed by atoms with E-state index >= 15 is 0 Å². The fourth-order valence-corrected chi connectivity index (χ4v) is 3.74. The summed E-state index contributed by atoms with van der Waals surface area (Å²) >= 11 is 0. The molecule has 3 heterocycles. The Hall–Kier alpha value is -2.13. The Labute approximate surface area is 137 Å². The first kappa shape index (κ1) is 15.8. The third kappa shape index (κ3) is 3.30.